The molecule has 2 N–H and O–H groups in total. The van der Waals surface area contributed by atoms with E-state index in [1.54, 1.807) is 12.1 Å². The van der Waals surface area contributed by atoms with Gasteiger partial charge in [0.05, 0.1) is 6.61 Å². The molecule has 0 amide bonds. The Labute approximate surface area is 101 Å². The maximum atomic E-state index is 10.7. The van der Waals surface area contributed by atoms with E-state index in [9.17, 15) is 8.42 Å². The van der Waals surface area contributed by atoms with Crippen molar-refractivity contribution in [3.05, 3.63) is 34.9 Å². The molecule has 16 heavy (non-hydrogen) atoms. The minimum absolute atomic E-state index is 0.00648. The van der Waals surface area contributed by atoms with Crippen LogP contribution in [0.5, 0.6) is 0 Å². The number of nitrogens with two attached hydrogens (primary N) is 1. The van der Waals surface area contributed by atoms with Gasteiger partial charge in [-0.2, -0.15) is 8.42 Å². The van der Waals surface area contributed by atoms with Crippen LogP contribution in [0.4, 0.5) is 0 Å². The maximum absolute atomic E-state index is 10.7. The molecule has 0 unspecified atom stereocenters. The largest absolute Gasteiger partial charge is 0.333 e. The van der Waals surface area contributed by atoms with Crippen molar-refractivity contribution in [2.24, 2.45) is 5.14 Å². The third kappa shape index (κ3) is 4.09. The summed E-state index contributed by atoms with van der Waals surface area (Å²) in [4.78, 5) is 0. The summed E-state index contributed by atoms with van der Waals surface area (Å²) in [6.07, 6.45) is 0. The Bertz CT molecular complexity index is 453. The Morgan fingerprint density at radius 2 is 1.81 bits per heavy atom. The third-order valence-electron chi connectivity index (χ3n) is 2.21. The molecule has 6 heteroatoms. The highest BCUT2D eigenvalue weighted by Crippen LogP contribution is 2.25. The summed E-state index contributed by atoms with van der Waals surface area (Å²) in [5.41, 5.74) is 0.484. The molecule has 0 aromatic heterocycles. The summed E-state index contributed by atoms with van der Waals surface area (Å²) < 4.78 is 26.0. The number of benzene rings is 1. The summed E-state index contributed by atoms with van der Waals surface area (Å²) in [7, 11) is -3.90. The molecule has 0 fully saturated rings. The topological polar surface area (TPSA) is 69.4 Å². The summed E-state index contributed by atoms with van der Waals surface area (Å²) in [5.74, 6) is 0. The van der Waals surface area contributed by atoms with Crippen molar-refractivity contribution in [2.75, 3.05) is 6.61 Å². The zero-order chi connectivity index (χ0) is 12.4. The monoisotopic (exact) mass is 263 g/mol. The molecule has 1 aromatic rings. The standard InChI is InChI=1S/C10H14ClNO3S/c1-10(2,7-15-16(12,13)14)8-3-5-9(11)6-4-8/h3-6H,7H2,1-2H3,(H2,12,13,14). The molecule has 0 aliphatic rings. The van der Waals surface area contributed by atoms with E-state index >= 15 is 0 Å². The molecule has 1 rings (SSSR count). The van der Waals surface area contributed by atoms with Gasteiger partial charge in [0, 0.05) is 10.4 Å². The van der Waals surface area contributed by atoms with Crippen molar-refractivity contribution in [1.82, 2.24) is 0 Å². The molecule has 0 aliphatic carbocycles. The first-order chi connectivity index (χ1) is 7.21. The van der Waals surface area contributed by atoms with Gasteiger partial charge in [0.1, 0.15) is 0 Å². The van der Waals surface area contributed by atoms with Crippen molar-refractivity contribution >= 4 is 21.9 Å². The average Bonchev–Trinajstić information content (AvgIpc) is 2.15. The highest BCUT2D eigenvalue weighted by atomic mass is 35.5. The molecule has 0 atom stereocenters. The van der Waals surface area contributed by atoms with Crippen LogP contribution in [0.3, 0.4) is 0 Å². The number of halogens is 1. The summed E-state index contributed by atoms with van der Waals surface area (Å²) in [6, 6.07) is 7.15. The van der Waals surface area contributed by atoms with Crippen LogP contribution in [-0.2, 0) is 19.9 Å². The van der Waals surface area contributed by atoms with E-state index in [4.69, 9.17) is 16.7 Å². The molecule has 0 radical (unpaired) electrons. The predicted molar refractivity (Wildman–Crippen MR) is 63.5 cm³/mol. The van der Waals surface area contributed by atoms with Gasteiger partial charge >= 0.3 is 10.3 Å². The molecule has 0 heterocycles. The SMILES string of the molecule is CC(C)(COS(N)(=O)=O)c1ccc(Cl)cc1. The van der Waals surface area contributed by atoms with Crippen molar-refractivity contribution in [3.8, 4) is 0 Å². The number of hydrogen-bond acceptors (Lipinski definition) is 3. The fourth-order valence-electron chi connectivity index (χ4n) is 1.21. The summed E-state index contributed by atoms with van der Waals surface area (Å²) in [5, 5.41) is 5.41. The van der Waals surface area contributed by atoms with Gasteiger partial charge in [0.15, 0.2) is 0 Å². The van der Waals surface area contributed by atoms with E-state index in [1.165, 1.54) is 0 Å². The molecule has 0 aliphatic heterocycles. The van der Waals surface area contributed by atoms with Gasteiger partial charge in [-0.3, -0.25) is 4.18 Å². The quantitative estimate of drug-likeness (QED) is 0.901. The van der Waals surface area contributed by atoms with Gasteiger partial charge in [0.2, 0.25) is 0 Å². The normalized spacial score (nSPS) is 12.8. The maximum Gasteiger partial charge on any atom is 0.333 e. The van der Waals surface area contributed by atoms with Gasteiger partial charge < -0.3 is 0 Å². The van der Waals surface area contributed by atoms with Gasteiger partial charge in [-0.05, 0) is 17.7 Å². The molecule has 0 saturated heterocycles. The van der Waals surface area contributed by atoms with Gasteiger partial charge in [-0.25, -0.2) is 5.14 Å². The van der Waals surface area contributed by atoms with Crippen molar-refractivity contribution < 1.29 is 12.6 Å². The van der Waals surface area contributed by atoms with Gasteiger partial charge in [0.25, 0.3) is 0 Å². The smallest absolute Gasteiger partial charge is 0.257 e. The average molecular weight is 264 g/mol. The molecule has 0 saturated carbocycles. The molecule has 4 nitrogen and oxygen atoms in total. The second-order valence-electron chi connectivity index (χ2n) is 4.15. The van der Waals surface area contributed by atoms with Gasteiger partial charge in [-0.15, -0.1) is 0 Å². The predicted octanol–water partition coefficient (Wildman–Crippen LogP) is 1.84. The van der Waals surface area contributed by atoms with Crippen LogP contribution in [-0.4, -0.2) is 15.0 Å². The fraction of sp³-hybridized carbons (Fsp3) is 0.400. The Kier molecular flexibility index (Phi) is 3.96. The van der Waals surface area contributed by atoms with Crippen molar-refractivity contribution in [2.45, 2.75) is 19.3 Å². The lowest BCUT2D eigenvalue weighted by Gasteiger charge is -2.24. The van der Waals surface area contributed by atoms with Crippen molar-refractivity contribution in [3.63, 3.8) is 0 Å². The first kappa shape index (κ1) is 13.4. The molecule has 0 bridgehead atoms. The van der Waals surface area contributed by atoms with Crippen LogP contribution < -0.4 is 5.14 Å². The highest BCUT2D eigenvalue weighted by Gasteiger charge is 2.23. The first-order valence-electron chi connectivity index (χ1n) is 4.64. The molecular formula is C10H14ClNO3S. The molecular weight excluding hydrogens is 250 g/mol. The van der Waals surface area contributed by atoms with E-state index < -0.39 is 15.7 Å². The summed E-state index contributed by atoms with van der Waals surface area (Å²) in [6.45, 7) is 3.72. The van der Waals surface area contributed by atoms with E-state index in [1.807, 2.05) is 26.0 Å². The lowest BCUT2D eigenvalue weighted by Crippen LogP contribution is -2.28. The Morgan fingerprint density at radius 3 is 2.25 bits per heavy atom. The van der Waals surface area contributed by atoms with E-state index in [0.29, 0.717) is 5.02 Å². The molecule has 1 aromatic carbocycles. The van der Waals surface area contributed by atoms with E-state index in [2.05, 4.69) is 4.18 Å². The number of rotatable bonds is 4. The molecule has 0 spiro atoms. The third-order valence-corrected chi connectivity index (χ3v) is 2.91. The van der Waals surface area contributed by atoms with Crippen LogP contribution in [0.25, 0.3) is 0 Å². The van der Waals surface area contributed by atoms with Crippen LogP contribution >= 0.6 is 11.6 Å². The van der Waals surface area contributed by atoms with E-state index in [0.717, 1.165) is 5.56 Å². The minimum Gasteiger partial charge on any atom is -0.257 e. The van der Waals surface area contributed by atoms with Crippen LogP contribution in [0, 0.1) is 0 Å². The van der Waals surface area contributed by atoms with Crippen LogP contribution in [0.1, 0.15) is 19.4 Å². The second kappa shape index (κ2) is 4.71. The molecule has 90 valence electrons. The lowest BCUT2D eigenvalue weighted by molar-refractivity contribution is 0.246. The zero-order valence-corrected chi connectivity index (χ0v) is 10.7. The Morgan fingerprint density at radius 1 is 1.31 bits per heavy atom. The second-order valence-corrected chi connectivity index (χ2v) is 5.80. The fourth-order valence-corrected chi connectivity index (χ4v) is 1.80. The van der Waals surface area contributed by atoms with Crippen LogP contribution in [0.15, 0.2) is 24.3 Å². The Balaban J connectivity index is 2.81. The number of hydrogen-bond donors (Lipinski definition) is 1. The summed E-state index contributed by atoms with van der Waals surface area (Å²) >= 11 is 5.76. The highest BCUT2D eigenvalue weighted by molar-refractivity contribution is 7.84. The minimum atomic E-state index is -3.90. The van der Waals surface area contributed by atoms with Crippen molar-refractivity contribution in [1.29, 1.82) is 0 Å². The zero-order valence-electron chi connectivity index (χ0n) is 9.10. The van der Waals surface area contributed by atoms with Gasteiger partial charge in [-0.1, -0.05) is 37.6 Å². The Hall–Kier alpha value is -0.620. The van der Waals surface area contributed by atoms with Crippen LogP contribution in [0.2, 0.25) is 5.02 Å². The van der Waals surface area contributed by atoms with E-state index in [-0.39, 0.29) is 6.61 Å². The first-order valence-corrected chi connectivity index (χ1v) is 6.49. The lowest BCUT2D eigenvalue weighted by atomic mass is 9.86.